The first-order chi connectivity index (χ1) is 3.39. The monoisotopic (exact) mass is 112 g/mol. The summed E-state index contributed by atoms with van der Waals surface area (Å²) in [6.07, 6.45) is 0. The molecule has 0 spiro atoms. The number of rotatable bonds is 0. The summed E-state index contributed by atoms with van der Waals surface area (Å²) in [6.45, 7) is 1.91. The summed E-state index contributed by atoms with van der Waals surface area (Å²) in [4.78, 5) is 3.75. The van der Waals surface area contributed by atoms with Gasteiger partial charge in [0.2, 0.25) is 0 Å². The predicted molar refractivity (Wildman–Crippen MR) is 31.2 cm³/mol. The highest BCUT2D eigenvalue weighted by Gasteiger charge is 1.84. The molecule has 0 aromatic heterocycles. The Morgan fingerprint density at radius 1 is 1.86 bits per heavy atom. The van der Waals surface area contributed by atoms with Crippen LogP contribution in [0, 0.1) is 0 Å². The van der Waals surface area contributed by atoms with E-state index < -0.39 is 0 Å². The van der Waals surface area contributed by atoms with Gasteiger partial charge in [0.25, 0.3) is 0 Å². The van der Waals surface area contributed by atoms with Crippen molar-refractivity contribution in [1.82, 2.24) is 0 Å². The van der Waals surface area contributed by atoms with E-state index in [0.29, 0.717) is 0 Å². The zero-order chi connectivity index (χ0) is 5.11. The van der Waals surface area contributed by atoms with Gasteiger partial charge in [-0.2, -0.15) is 4.99 Å². The molecule has 0 amide bonds. The van der Waals surface area contributed by atoms with Gasteiger partial charge >= 0.3 is 0 Å². The van der Waals surface area contributed by atoms with Gasteiger partial charge in [-0.05, 0) is 6.92 Å². The summed E-state index contributed by atoms with van der Waals surface area (Å²) < 4.78 is 3.65. The fraction of sp³-hybridized carbons (Fsp3) is 0.250. The van der Waals surface area contributed by atoms with E-state index in [2.05, 4.69) is 15.4 Å². The molecule has 0 saturated heterocycles. The average Bonchev–Trinajstić information content (AvgIpc) is 1.69. The topological polar surface area (TPSA) is 24.7 Å². The molecule has 1 aliphatic heterocycles. The highest BCUT2D eigenvalue weighted by molar-refractivity contribution is 8.01. The number of hydrogen-bond donors (Lipinski definition) is 0. The van der Waals surface area contributed by atoms with E-state index in [-0.39, 0.29) is 0 Å². The number of aliphatic imine (C=N–C) groups is 1. The Balaban J connectivity index is 2.82. The largest absolute Gasteiger partial charge is 0.191 e. The van der Waals surface area contributed by atoms with Crippen LogP contribution in [0.5, 0.6) is 0 Å². The third kappa shape index (κ3) is 1.18. The van der Waals surface area contributed by atoms with E-state index in [1.54, 1.807) is 0 Å². The lowest BCUT2D eigenvalue weighted by atomic mass is 10.6. The average molecular weight is 112 g/mol. The summed E-state index contributed by atoms with van der Waals surface area (Å²) in [5.41, 5.74) is 0.972. The van der Waals surface area contributed by atoms with E-state index in [0.717, 1.165) is 5.70 Å². The first-order valence-electron chi connectivity index (χ1n) is 1.88. The van der Waals surface area contributed by atoms with Gasteiger partial charge < -0.3 is 0 Å². The minimum absolute atomic E-state index is 0.972. The first kappa shape index (κ1) is 4.62. The molecule has 0 bridgehead atoms. The molecule has 1 aliphatic rings. The molecule has 0 aliphatic carbocycles. The fourth-order valence-electron chi connectivity index (χ4n) is 0.252. The summed E-state index contributed by atoms with van der Waals surface area (Å²) >= 11 is 1.36. The Hall–Kier alpha value is -0.530. The van der Waals surface area contributed by atoms with Crippen LogP contribution in [-0.4, -0.2) is 6.01 Å². The maximum Gasteiger partial charge on any atom is 0.107 e. The second kappa shape index (κ2) is 1.96. The Morgan fingerprint density at radius 3 is 3.00 bits per heavy atom. The molecule has 0 fully saturated rings. The molecule has 1 heterocycles. The Morgan fingerprint density at radius 2 is 2.71 bits per heavy atom. The van der Waals surface area contributed by atoms with Gasteiger partial charge in [-0.1, -0.05) is 0 Å². The smallest absolute Gasteiger partial charge is 0.107 e. The van der Waals surface area contributed by atoms with Crippen LogP contribution < -0.4 is 0 Å². The minimum atomic E-state index is 0.972. The molecule has 0 aromatic carbocycles. The lowest BCUT2D eigenvalue weighted by Crippen LogP contribution is -1.67. The summed E-state index contributed by atoms with van der Waals surface area (Å²) in [5, 5.41) is 1.87. The lowest BCUT2D eigenvalue weighted by molar-refractivity contribution is 1.33. The van der Waals surface area contributed by atoms with Crippen LogP contribution in [0.2, 0.25) is 0 Å². The quantitative estimate of drug-likeness (QED) is 0.437. The van der Waals surface area contributed by atoms with Crippen molar-refractivity contribution in [3.63, 3.8) is 0 Å². The van der Waals surface area contributed by atoms with Crippen molar-refractivity contribution >= 4 is 18.0 Å². The molecule has 0 atom stereocenters. The number of hydrogen-bond acceptors (Lipinski definition) is 3. The fourth-order valence-corrected chi connectivity index (χ4v) is 0.598. The van der Waals surface area contributed by atoms with E-state index in [1.165, 1.54) is 11.9 Å². The Bertz CT molecular complexity index is 153. The lowest BCUT2D eigenvalue weighted by Gasteiger charge is -1.86. The zero-order valence-corrected chi connectivity index (χ0v) is 4.70. The summed E-state index contributed by atoms with van der Waals surface area (Å²) in [7, 11) is 0. The van der Waals surface area contributed by atoms with Crippen LogP contribution in [0.15, 0.2) is 20.5 Å². The molecule has 2 nitrogen and oxygen atoms in total. The normalized spacial score (nSPS) is 17.0. The van der Waals surface area contributed by atoms with E-state index in [1.807, 2.05) is 12.3 Å². The number of nitrogens with zero attached hydrogens (tertiary/aromatic N) is 2. The van der Waals surface area contributed by atoms with E-state index in [9.17, 15) is 0 Å². The molecule has 7 heavy (non-hydrogen) atoms. The van der Waals surface area contributed by atoms with Crippen LogP contribution in [0.3, 0.4) is 0 Å². The maximum absolute atomic E-state index is 3.75. The van der Waals surface area contributed by atoms with Gasteiger partial charge in [-0.15, -0.1) is 4.40 Å². The van der Waals surface area contributed by atoms with Crippen LogP contribution in [0.25, 0.3) is 0 Å². The second-order valence-corrected chi connectivity index (χ2v) is 1.80. The third-order valence-corrected chi connectivity index (χ3v) is 1.18. The SMILES string of the molecule is CC1=CSN=C=N1. The van der Waals surface area contributed by atoms with Gasteiger partial charge in [-0.25, -0.2) is 0 Å². The standard InChI is InChI=1S/C4H4N2S/c1-4-2-7-6-3-5-4/h2H,1H3. The molecule has 36 valence electrons. The van der Waals surface area contributed by atoms with Gasteiger partial charge in [0.05, 0.1) is 5.70 Å². The van der Waals surface area contributed by atoms with Crippen molar-refractivity contribution < 1.29 is 0 Å². The van der Waals surface area contributed by atoms with Crippen LogP contribution in [-0.2, 0) is 0 Å². The molecule has 1 rings (SSSR count). The summed E-state index contributed by atoms with van der Waals surface area (Å²) in [6, 6.07) is 2.48. The Kier molecular flexibility index (Phi) is 1.29. The highest BCUT2D eigenvalue weighted by Crippen LogP contribution is 2.10. The zero-order valence-electron chi connectivity index (χ0n) is 3.88. The Labute approximate surface area is 46.2 Å². The van der Waals surface area contributed by atoms with Gasteiger partial charge in [0.1, 0.15) is 6.01 Å². The molecule has 0 N–H and O–H groups in total. The van der Waals surface area contributed by atoms with E-state index in [4.69, 9.17) is 0 Å². The van der Waals surface area contributed by atoms with Gasteiger partial charge in [0.15, 0.2) is 0 Å². The molecule has 0 aromatic rings. The van der Waals surface area contributed by atoms with Crippen molar-refractivity contribution in [2.75, 3.05) is 0 Å². The molecular weight excluding hydrogens is 108 g/mol. The number of allylic oxidation sites excluding steroid dienone is 1. The van der Waals surface area contributed by atoms with Crippen LogP contribution >= 0.6 is 11.9 Å². The highest BCUT2D eigenvalue weighted by atomic mass is 32.2. The van der Waals surface area contributed by atoms with Gasteiger partial charge in [-0.3, -0.25) is 0 Å². The maximum atomic E-state index is 3.75. The predicted octanol–water partition coefficient (Wildman–Crippen LogP) is 1.68. The van der Waals surface area contributed by atoms with E-state index >= 15 is 0 Å². The summed E-state index contributed by atoms with van der Waals surface area (Å²) in [5.74, 6) is 0. The van der Waals surface area contributed by atoms with Gasteiger partial charge in [0, 0.05) is 17.4 Å². The minimum Gasteiger partial charge on any atom is -0.191 e. The van der Waals surface area contributed by atoms with Crippen molar-refractivity contribution in [3.05, 3.63) is 11.1 Å². The third-order valence-electron chi connectivity index (χ3n) is 0.543. The van der Waals surface area contributed by atoms with Crippen molar-refractivity contribution in [2.45, 2.75) is 6.92 Å². The molecule has 3 heteroatoms. The van der Waals surface area contributed by atoms with Crippen LogP contribution in [0.1, 0.15) is 6.92 Å². The molecule has 0 unspecified atom stereocenters. The molecule has 0 radical (unpaired) electrons. The van der Waals surface area contributed by atoms with Crippen molar-refractivity contribution in [3.8, 4) is 0 Å². The molecule has 0 saturated carbocycles. The molecular formula is C4H4N2S. The van der Waals surface area contributed by atoms with Crippen LogP contribution in [0.4, 0.5) is 0 Å². The van der Waals surface area contributed by atoms with Crippen molar-refractivity contribution in [1.29, 1.82) is 0 Å². The second-order valence-electron chi connectivity index (χ2n) is 1.17. The first-order valence-corrected chi connectivity index (χ1v) is 2.71. The van der Waals surface area contributed by atoms with Crippen molar-refractivity contribution in [2.24, 2.45) is 9.39 Å².